The van der Waals surface area contributed by atoms with Crippen molar-refractivity contribution in [1.29, 1.82) is 0 Å². The first-order valence-corrected chi connectivity index (χ1v) is 8.83. The van der Waals surface area contributed by atoms with Gasteiger partial charge < -0.3 is 4.74 Å². The van der Waals surface area contributed by atoms with Crippen molar-refractivity contribution >= 4 is 23.3 Å². The molecule has 1 aliphatic heterocycles. The van der Waals surface area contributed by atoms with E-state index >= 15 is 0 Å². The van der Waals surface area contributed by atoms with Gasteiger partial charge in [-0.25, -0.2) is 0 Å². The molecule has 3 atom stereocenters. The van der Waals surface area contributed by atoms with Gasteiger partial charge in [-0.15, -0.1) is 0 Å². The molecule has 2 saturated carbocycles. The quantitative estimate of drug-likeness (QED) is 0.723. The smallest absolute Gasteiger partial charge is 0.323 e. The maximum absolute atomic E-state index is 13.1. The third kappa shape index (κ3) is 1.60. The Morgan fingerprint density at radius 1 is 1.04 bits per heavy atom. The second kappa shape index (κ2) is 4.73. The fourth-order valence-electron chi connectivity index (χ4n) is 5.19. The summed E-state index contributed by atoms with van der Waals surface area (Å²) in [7, 11) is 0. The summed E-state index contributed by atoms with van der Waals surface area (Å²) in [5.41, 5.74) is 1.43. The van der Waals surface area contributed by atoms with Gasteiger partial charge in [0.05, 0.1) is 0 Å². The molecular weight excluding hydrogens is 320 g/mol. The molecule has 0 unspecified atom stereocenters. The van der Waals surface area contributed by atoms with Crippen LogP contribution in [0.1, 0.15) is 30.4 Å². The summed E-state index contributed by atoms with van der Waals surface area (Å²) in [5, 5.41) is 0.694. The lowest BCUT2D eigenvalue weighted by Gasteiger charge is -2.29. The molecule has 0 amide bonds. The molecule has 5 rings (SSSR count). The van der Waals surface area contributed by atoms with E-state index < -0.39 is 5.41 Å². The van der Waals surface area contributed by atoms with Crippen LogP contribution < -0.4 is 0 Å². The summed E-state index contributed by atoms with van der Waals surface area (Å²) in [6.45, 7) is 0. The van der Waals surface area contributed by atoms with Crippen LogP contribution in [0.25, 0.3) is 5.76 Å². The van der Waals surface area contributed by atoms with Gasteiger partial charge in [-0.05, 0) is 42.5 Å². The van der Waals surface area contributed by atoms with Gasteiger partial charge in [0.1, 0.15) is 11.2 Å². The number of hydrogen-bond acceptors (Lipinski definition) is 2. The van der Waals surface area contributed by atoms with Crippen molar-refractivity contribution in [2.75, 3.05) is 0 Å². The molecule has 0 saturated heterocycles. The lowest BCUT2D eigenvalue weighted by atomic mass is 9.80. The molecule has 2 aromatic rings. The fourth-order valence-corrected chi connectivity index (χ4v) is 5.32. The predicted octanol–water partition coefficient (Wildman–Crippen LogP) is 4.98. The maximum atomic E-state index is 13.1. The van der Waals surface area contributed by atoms with Crippen molar-refractivity contribution in [2.45, 2.75) is 24.7 Å². The molecule has 3 aliphatic rings. The van der Waals surface area contributed by atoms with Crippen LogP contribution in [0.5, 0.6) is 0 Å². The molecule has 0 bridgehead atoms. The summed E-state index contributed by atoms with van der Waals surface area (Å²) >= 11 is 6.04. The number of benzene rings is 2. The highest BCUT2D eigenvalue weighted by molar-refractivity contribution is 6.30. The first-order valence-electron chi connectivity index (χ1n) is 8.45. The van der Waals surface area contributed by atoms with Crippen molar-refractivity contribution in [3.63, 3.8) is 0 Å². The number of ether oxygens (including phenoxy) is 1. The van der Waals surface area contributed by atoms with E-state index in [4.69, 9.17) is 16.3 Å². The normalized spacial score (nSPS) is 33.3. The van der Waals surface area contributed by atoms with Gasteiger partial charge >= 0.3 is 5.97 Å². The third-order valence-electron chi connectivity index (χ3n) is 6.15. The van der Waals surface area contributed by atoms with Crippen molar-refractivity contribution in [3.8, 4) is 0 Å². The van der Waals surface area contributed by atoms with Gasteiger partial charge in [0.2, 0.25) is 0 Å². The second-order valence-electron chi connectivity index (χ2n) is 7.06. The Hall–Kier alpha value is -2.06. The Kier molecular flexibility index (Phi) is 2.82. The van der Waals surface area contributed by atoms with Crippen LogP contribution in [0.3, 0.4) is 0 Å². The zero-order chi connectivity index (χ0) is 16.4. The minimum Gasteiger partial charge on any atom is -0.426 e. The first-order chi connectivity index (χ1) is 11.7. The zero-order valence-corrected chi connectivity index (χ0v) is 13.9. The highest BCUT2D eigenvalue weighted by Crippen LogP contribution is 2.80. The number of halogens is 1. The van der Waals surface area contributed by atoms with Gasteiger partial charge in [0.25, 0.3) is 0 Å². The number of allylic oxidation sites excluding steroid dienone is 1. The standard InChI is InChI=1S/C21H17ClO2/c22-16-10-8-15(9-11-16)21-18-7-4-12-20(18,21)13-17(24-19(21)23)14-5-2-1-3-6-14/h1-3,5-6,8-11,13,18H,4,7,12H2/t18-,20-,21-/m1/s1. The van der Waals surface area contributed by atoms with E-state index in [0.717, 1.165) is 29.7 Å². The van der Waals surface area contributed by atoms with Crippen LogP contribution in [0.15, 0.2) is 60.7 Å². The van der Waals surface area contributed by atoms with Crippen LogP contribution in [0.4, 0.5) is 0 Å². The highest BCUT2D eigenvalue weighted by Gasteiger charge is 2.83. The Labute approximate surface area is 146 Å². The lowest BCUT2D eigenvalue weighted by Crippen LogP contribution is -2.34. The average Bonchev–Trinajstić information content (AvgIpc) is 2.97. The Bertz CT molecular complexity index is 855. The van der Waals surface area contributed by atoms with Crippen LogP contribution in [0, 0.1) is 11.3 Å². The number of cyclic esters (lactones) is 1. The number of esters is 1. The van der Waals surface area contributed by atoms with Gasteiger partial charge in [-0.3, -0.25) is 4.79 Å². The van der Waals surface area contributed by atoms with Crippen molar-refractivity contribution in [1.82, 2.24) is 0 Å². The van der Waals surface area contributed by atoms with E-state index in [-0.39, 0.29) is 11.4 Å². The van der Waals surface area contributed by atoms with E-state index in [2.05, 4.69) is 6.08 Å². The summed E-state index contributed by atoms with van der Waals surface area (Å²) < 4.78 is 5.83. The minimum atomic E-state index is -0.506. The number of carbonyl (C=O) groups excluding carboxylic acids is 1. The molecule has 2 fully saturated rings. The molecule has 0 N–H and O–H groups in total. The van der Waals surface area contributed by atoms with Crippen LogP contribution >= 0.6 is 11.6 Å². The topological polar surface area (TPSA) is 26.3 Å². The summed E-state index contributed by atoms with van der Waals surface area (Å²) in [6, 6.07) is 17.6. The van der Waals surface area contributed by atoms with Gasteiger partial charge in [-0.2, -0.15) is 0 Å². The van der Waals surface area contributed by atoms with Crippen LogP contribution in [-0.2, 0) is 14.9 Å². The Morgan fingerprint density at radius 3 is 2.54 bits per heavy atom. The minimum absolute atomic E-state index is 0.0820. The second-order valence-corrected chi connectivity index (χ2v) is 7.50. The monoisotopic (exact) mass is 336 g/mol. The van der Waals surface area contributed by atoms with Crippen molar-refractivity contribution < 1.29 is 9.53 Å². The van der Waals surface area contributed by atoms with E-state index in [0.29, 0.717) is 10.9 Å². The lowest BCUT2D eigenvalue weighted by molar-refractivity contribution is -0.142. The van der Waals surface area contributed by atoms with Gasteiger partial charge in [0, 0.05) is 16.0 Å². The Balaban J connectivity index is 1.66. The fraction of sp³-hybridized carbons (Fsp3) is 0.286. The third-order valence-corrected chi connectivity index (χ3v) is 6.40. The number of carbonyl (C=O) groups is 1. The molecule has 1 spiro atoms. The molecule has 24 heavy (non-hydrogen) atoms. The van der Waals surface area contributed by atoms with Crippen LogP contribution in [0.2, 0.25) is 5.02 Å². The Morgan fingerprint density at radius 2 is 1.79 bits per heavy atom. The molecule has 0 aromatic heterocycles. The average molecular weight is 337 g/mol. The summed E-state index contributed by atoms with van der Waals surface area (Å²) in [6.07, 6.45) is 5.53. The molecule has 2 aliphatic carbocycles. The SMILES string of the molecule is O=C1OC(c2ccccc2)=C[C@]23CCC[C@H]2[C@]13c1ccc(Cl)cc1. The molecule has 120 valence electrons. The molecular formula is C21H17ClO2. The number of hydrogen-bond donors (Lipinski definition) is 0. The zero-order valence-electron chi connectivity index (χ0n) is 13.2. The molecule has 3 heteroatoms. The summed E-state index contributed by atoms with van der Waals surface area (Å²) in [5.74, 6) is 0.963. The van der Waals surface area contributed by atoms with E-state index in [1.54, 1.807) is 0 Å². The van der Waals surface area contributed by atoms with Crippen molar-refractivity contribution in [3.05, 3.63) is 76.8 Å². The highest BCUT2D eigenvalue weighted by atomic mass is 35.5. The van der Waals surface area contributed by atoms with E-state index in [9.17, 15) is 4.79 Å². The predicted molar refractivity (Wildman–Crippen MR) is 93.4 cm³/mol. The molecule has 1 heterocycles. The number of fused-ring (bicyclic) bond motifs is 1. The van der Waals surface area contributed by atoms with E-state index in [1.165, 1.54) is 6.42 Å². The maximum Gasteiger partial charge on any atom is 0.323 e. The summed E-state index contributed by atoms with van der Waals surface area (Å²) in [4.78, 5) is 13.1. The first kappa shape index (κ1) is 14.3. The van der Waals surface area contributed by atoms with Gasteiger partial charge in [-0.1, -0.05) is 60.5 Å². The van der Waals surface area contributed by atoms with Crippen LogP contribution in [-0.4, -0.2) is 5.97 Å². The van der Waals surface area contributed by atoms with E-state index in [1.807, 2.05) is 54.6 Å². The van der Waals surface area contributed by atoms with Gasteiger partial charge in [0.15, 0.2) is 0 Å². The molecule has 2 nitrogen and oxygen atoms in total. The molecule has 2 aromatic carbocycles. The molecule has 0 radical (unpaired) electrons. The number of rotatable bonds is 2. The van der Waals surface area contributed by atoms with Crippen molar-refractivity contribution in [2.24, 2.45) is 11.3 Å². The largest absolute Gasteiger partial charge is 0.426 e.